The van der Waals surface area contributed by atoms with Crippen molar-refractivity contribution in [2.45, 2.75) is 0 Å². The molecule has 0 aromatic carbocycles. The highest BCUT2D eigenvalue weighted by Gasteiger charge is 1.65. The Morgan fingerprint density at radius 1 is 1.80 bits per heavy atom. The third-order valence-electron chi connectivity index (χ3n) is 0.141. The highest BCUT2D eigenvalue weighted by atomic mass is 32.2. The normalized spacial score (nSPS) is 8.40. The van der Waals surface area contributed by atoms with Crippen molar-refractivity contribution in [3.8, 4) is 0 Å². The van der Waals surface area contributed by atoms with Gasteiger partial charge in [0, 0.05) is 12.1 Å². The monoisotopic (exact) mass is 96.0 g/mol. The molecule has 2 nitrogen and oxygen atoms in total. The maximum atomic E-state index is 10.6. The Bertz CT molecular complexity index is 17.1. The molecule has 0 aromatic heterocycles. The second-order valence-electron chi connectivity index (χ2n) is 0.383. The van der Waals surface area contributed by atoms with Crippen LogP contribution in [0.3, 0.4) is 0 Å². The lowest BCUT2D eigenvalue weighted by atomic mass is 11.6. The first kappa shape index (κ1) is 5.20. The van der Waals surface area contributed by atoms with Crippen LogP contribution in [0.5, 0.6) is 0 Å². The minimum absolute atomic E-state index is 0.796. The smallest absolute Gasteiger partial charge is 0.0339 e. The van der Waals surface area contributed by atoms with Crippen molar-refractivity contribution in [1.29, 1.82) is 0 Å². The molecule has 0 bridgehead atoms. The van der Waals surface area contributed by atoms with Gasteiger partial charge in [0.2, 0.25) is 0 Å². The van der Waals surface area contributed by atoms with E-state index in [4.69, 9.17) is 0 Å². The molecule has 0 saturated heterocycles. The topological polar surface area (TPSA) is 24.1 Å². The molecule has 0 radical (unpaired) electrons. The van der Waals surface area contributed by atoms with Crippen LogP contribution >= 0.6 is 12.1 Å². The van der Waals surface area contributed by atoms with Gasteiger partial charge in [0.15, 0.2) is 0 Å². The maximum absolute atomic E-state index is 10.6. The van der Waals surface area contributed by atoms with E-state index in [0.717, 1.165) is 12.1 Å². The molecule has 0 rings (SSSR count). The van der Waals surface area contributed by atoms with Gasteiger partial charge >= 0.3 is 0 Å². The van der Waals surface area contributed by atoms with Gasteiger partial charge in [-0.25, -0.2) is 0 Å². The lowest BCUT2D eigenvalue weighted by Gasteiger charge is -1.82. The first-order chi connectivity index (χ1) is 2.41. The van der Waals surface area contributed by atoms with Crippen LogP contribution in [0.25, 0.3) is 0 Å². The van der Waals surface area contributed by atoms with Crippen LogP contribution in [0.1, 0.15) is 0 Å². The van der Waals surface area contributed by atoms with E-state index in [0.29, 0.717) is 0 Å². The van der Waals surface area contributed by atoms with Gasteiger partial charge in [-0.2, -0.15) is 0 Å². The fourth-order valence-corrected chi connectivity index (χ4v) is 0.116. The summed E-state index contributed by atoms with van der Waals surface area (Å²) in [5, 5.41) is 0. The highest BCUT2D eigenvalue weighted by Crippen LogP contribution is 1.75. The average Bonchev–Trinajstić information content (AvgIpc) is 1.41. The molecule has 4 heteroatoms. The van der Waals surface area contributed by atoms with Gasteiger partial charge in [-0.3, -0.25) is 4.72 Å². The van der Waals surface area contributed by atoms with Gasteiger partial charge < -0.3 is 0 Å². The molecule has 2 N–H and O–H groups in total. The summed E-state index contributed by atoms with van der Waals surface area (Å²) in [7, 11) is 1.62. The van der Waals surface area contributed by atoms with Crippen LogP contribution in [0, 0.1) is 0 Å². The van der Waals surface area contributed by atoms with Gasteiger partial charge in [-0.05, 0) is 7.05 Å². The molecular formula is CH5FN2S. The van der Waals surface area contributed by atoms with E-state index in [9.17, 15) is 4.48 Å². The first-order valence-electron chi connectivity index (χ1n) is 1.10. The van der Waals surface area contributed by atoms with Crippen molar-refractivity contribution in [2.24, 2.45) is 0 Å². The zero-order chi connectivity index (χ0) is 4.12. The molecule has 0 heterocycles. The third kappa shape index (κ3) is 4.20. The van der Waals surface area contributed by atoms with E-state index >= 15 is 0 Å². The minimum atomic E-state index is 0.796. The zero-order valence-corrected chi connectivity index (χ0v) is 3.60. The van der Waals surface area contributed by atoms with Gasteiger partial charge in [0.25, 0.3) is 0 Å². The van der Waals surface area contributed by atoms with Crippen molar-refractivity contribution in [3.63, 3.8) is 0 Å². The molecule has 0 aromatic rings. The van der Waals surface area contributed by atoms with E-state index in [-0.39, 0.29) is 0 Å². The van der Waals surface area contributed by atoms with E-state index in [1.54, 1.807) is 7.05 Å². The first-order valence-corrected chi connectivity index (χ1v) is 1.91. The van der Waals surface area contributed by atoms with E-state index < -0.39 is 0 Å². The Balaban J connectivity index is 2.19. The van der Waals surface area contributed by atoms with Crippen molar-refractivity contribution < 1.29 is 4.48 Å². The summed E-state index contributed by atoms with van der Waals surface area (Å²) in [6.07, 6.45) is 0. The van der Waals surface area contributed by atoms with Crippen LogP contribution in [-0.4, -0.2) is 7.05 Å². The Labute approximate surface area is 34.3 Å². The summed E-state index contributed by atoms with van der Waals surface area (Å²) in [4.78, 5) is 1.32. The summed E-state index contributed by atoms with van der Waals surface area (Å²) >= 11 is 0.796. The second-order valence-corrected chi connectivity index (χ2v) is 1.15. The van der Waals surface area contributed by atoms with Gasteiger partial charge in [0.05, 0.1) is 0 Å². The molecule has 0 fully saturated rings. The lowest BCUT2D eigenvalue weighted by molar-refractivity contribution is 0.464. The van der Waals surface area contributed by atoms with Crippen LogP contribution in [0.4, 0.5) is 4.48 Å². The summed E-state index contributed by atoms with van der Waals surface area (Å²) in [6.45, 7) is 0. The van der Waals surface area contributed by atoms with Crippen LogP contribution in [0.15, 0.2) is 0 Å². The van der Waals surface area contributed by atoms with E-state index in [2.05, 4.69) is 4.72 Å². The standard InChI is InChI=1S/CH5FN2S/c1-3-5-4-2/h3-4H,1H3. The Kier molecular flexibility index (Phi) is 4.37. The van der Waals surface area contributed by atoms with Crippen LogP contribution < -0.4 is 9.67 Å². The zero-order valence-electron chi connectivity index (χ0n) is 2.79. The molecule has 0 aliphatic rings. The molecule has 5 heavy (non-hydrogen) atoms. The quantitative estimate of drug-likeness (QED) is 0.380. The summed E-state index contributed by atoms with van der Waals surface area (Å²) < 4.78 is 13.1. The number of halogens is 1. The van der Waals surface area contributed by atoms with E-state index in [1.165, 1.54) is 4.94 Å². The molecule has 0 atom stereocenters. The number of hydrogen-bond acceptors (Lipinski definition) is 3. The molecule has 0 spiro atoms. The number of rotatable bonds is 2. The van der Waals surface area contributed by atoms with Crippen molar-refractivity contribution in [3.05, 3.63) is 0 Å². The molecule has 0 amide bonds. The Morgan fingerprint density at radius 3 is 2.40 bits per heavy atom. The molecule has 0 aliphatic carbocycles. The lowest BCUT2D eigenvalue weighted by Crippen LogP contribution is -1.97. The van der Waals surface area contributed by atoms with Gasteiger partial charge in [-0.1, -0.05) is 4.94 Å². The largest absolute Gasteiger partial charge is 0.252 e. The molecule has 0 aliphatic heterocycles. The predicted octanol–water partition coefficient (Wildman–Crippen LogP) is 0.243. The summed E-state index contributed by atoms with van der Waals surface area (Å²) in [6, 6.07) is 0. The van der Waals surface area contributed by atoms with Gasteiger partial charge in [-0.15, -0.1) is 4.48 Å². The number of nitrogens with one attached hydrogen (secondary N) is 2. The SMILES string of the molecule is CNSNF. The highest BCUT2D eigenvalue weighted by molar-refractivity contribution is 7.95. The minimum Gasteiger partial charge on any atom is -0.252 e. The second kappa shape index (κ2) is 4.20. The molecule has 0 saturated carbocycles. The third-order valence-corrected chi connectivity index (χ3v) is 0.422. The fourth-order valence-electron chi connectivity index (χ4n) is 0.0386. The molecular weight excluding hydrogens is 91.1 g/mol. The van der Waals surface area contributed by atoms with Crippen molar-refractivity contribution >= 4 is 12.1 Å². The molecule has 32 valence electrons. The summed E-state index contributed by atoms with van der Waals surface area (Å²) in [5.41, 5.74) is 0. The number of hydrogen-bond donors (Lipinski definition) is 2. The Morgan fingerprint density at radius 2 is 2.40 bits per heavy atom. The molecule has 0 unspecified atom stereocenters. The van der Waals surface area contributed by atoms with Crippen molar-refractivity contribution in [1.82, 2.24) is 9.67 Å². The predicted molar refractivity (Wildman–Crippen MR) is 20.9 cm³/mol. The average molecular weight is 96.1 g/mol. The van der Waals surface area contributed by atoms with Crippen LogP contribution in [-0.2, 0) is 0 Å². The Hall–Kier alpha value is 0.200. The van der Waals surface area contributed by atoms with Gasteiger partial charge in [0.1, 0.15) is 0 Å². The maximum Gasteiger partial charge on any atom is 0.0339 e. The summed E-state index contributed by atoms with van der Waals surface area (Å²) in [5.74, 6) is 0. The van der Waals surface area contributed by atoms with Crippen molar-refractivity contribution in [2.75, 3.05) is 7.05 Å². The van der Waals surface area contributed by atoms with Crippen LogP contribution in [0.2, 0.25) is 0 Å². The van der Waals surface area contributed by atoms with E-state index in [1.807, 2.05) is 0 Å². The fraction of sp³-hybridized carbons (Fsp3) is 1.00.